The summed E-state index contributed by atoms with van der Waals surface area (Å²) in [5, 5.41) is 3.43. The van der Waals surface area contributed by atoms with E-state index < -0.39 is 0 Å². The maximum atomic E-state index is 11.7. The van der Waals surface area contributed by atoms with Gasteiger partial charge >= 0.3 is 0 Å². The molecule has 1 aromatic rings. The Morgan fingerprint density at radius 2 is 2.06 bits per heavy atom. The molecule has 1 saturated heterocycles. The van der Waals surface area contributed by atoms with Gasteiger partial charge in [-0.2, -0.15) is 0 Å². The Hall–Kier alpha value is -1.55. The molecule has 1 aliphatic heterocycles. The standard InChI is InChI=1S/C14H20N2O2/c1-16(2)14(17)11-5-7-12(8-6-11)15-13-4-3-9-18-10-13/h5-8,13,15H,3-4,9-10H2,1-2H3. The van der Waals surface area contributed by atoms with Crippen LogP contribution in [0.5, 0.6) is 0 Å². The van der Waals surface area contributed by atoms with Crippen LogP contribution in [0.15, 0.2) is 24.3 Å². The number of hydrogen-bond acceptors (Lipinski definition) is 3. The van der Waals surface area contributed by atoms with Gasteiger partial charge in [0, 0.05) is 38.0 Å². The first-order valence-corrected chi connectivity index (χ1v) is 6.33. The smallest absolute Gasteiger partial charge is 0.253 e. The summed E-state index contributed by atoms with van der Waals surface area (Å²) in [6.45, 7) is 1.63. The molecule has 0 aliphatic carbocycles. The van der Waals surface area contributed by atoms with Crippen LogP contribution in [0.3, 0.4) is 0 Å². The second-order valence-corrected chi connectivity index (χ2v) is 4.84. The largest absolute Gasteiger partial charge is 0.380 e. The van der Waals surface area contributed by atoms with Crippen molar-refractivity contribution in [3.8, 4) is 0 Å². The lowest BCUT2D eigenvalue weighted by molar-refractivity contribution is 0.0827. The zero-order chi connectivity index (χ0) is 13.0. The van der Waals surface area contributed by atoms with E-state index in [4.69, 9.17) is 4.74 Å². The van der Waals surface area contributed by atoms with Gasteiger partial charge in [0.25, 0.3) is 5.91 Å². The molecule has 0 radical (unpaired) electrons. The molecular weight excluding hydrogens is 228 g/mol. The van der Waals surface area contributed by atoms with E-state index in [0.29, 0.717) is 11.6 Å². The normalized spacial score (nSPS) is 19.3. The zero-order valence-electron chi connectivity index (χ0n) is 11.0. The molecule has 4 nitrogen and oxygen atoms in total. The van der Waals surface area contributed by atoms with Gasteiger partial charge in [-0.05, 0) is 37.1 Å². The summed E-state index contributed by atoms with van der Waals surface area (Å²) >= 11 is 0. The minimum atomic E-state index is 0.0301. The second kappa shape index (κ2) is 5.87. The number of anilines is 1. The fourth-order valence-corrected chi connectivity index (χ4v) is 2.06. The summed E-state index contributed by atoms with van der Waals surface area (Å²) < 4.78 is 5.42. The van der Waals surface area contributed by atoms with Crippen LogP contribution in [0.2, 0.25) is 0 Å². The molecule has 1 N–H and O–H groups in total. The highest BCUT2D eigenvalue weighted by atomic mass is 16.5. The van der Waals surface area contributed by atoms with Gasteiger partial charge in [0.1, 0.15) is 0 Å². The number of hydrogen-bond donors (Lipinski definition) is 1. The maximum Gasteiger partial charge on any atom is 0.253 e. The summed E-state index contributed by atoms with van der Waals surface area (Å²) in [5.41, 5.74) is 1.76. The van der Waals surface area contributed by atoms with Crippen LogP contribution in [-0.4, -0.2) is 44.2 Å². The summed E-state index contributed by atoms with van der Waals surface area (Å²) in [5.74, 6) is 0.0301. The third-order valence-corrected chi connectivity index (χ3v) is 3.07. The Bertz CT molecular complexity index is 395. The fraction of sp³-hybridized carbons (Fsp3) is 0.500. The van der Waals surface area contributed by atoms with Gasteiger partial charge in [0.05, 0.1) is 6.61 Å². The predicted octanol–water partition coefficient (Wildman–Crippen LogP) is 1.98. The van der Waals surface area contributed by atoms with Gasteiger partial charge in [-0.25, -0.2) is 0 Å². The maximum absolute atomic E-state index is 11.7. The molecule has 18 heavy (non-hydrogen) atoms. The molecule has 1 unspecified atom stereocenters. The van der Waals surface area contributed by atoms with E-state index in [1.54, 1.807) is 19.0 Å². The average Bonchev–Trinajstić information content (AvgIpc) is 2.40. The molecule has 1 fully saturated rings. The SMILES string of the molecule is CN(C)C(=O)c1ccc(NC2CCCOC2)cc1. The van der Waals surface area contributed by atoms with Crippen LogP contribution >= 0.6 is 0 Å². The highest BCUT2D eigenvalue weighted by molar-refractivity contribution is 5.94. The number of amides is 1. The molecule has 2 rings (SSSR count). The van der Waals surface area contributed by atoms with Crippen molar-refractivity contribution in [1.82, 2.24) is 4.90 Å². The molecule has 1 amide bonds. The number of benzene rings is 1. The van der Waals surface area contributed by atoms with Crippen LogP contribution in [0.4, 0.5) is 5.69 Å². The van der Waals surface area contributed by atoms with Crippen LogP contribution in [0, 0.1) is 0 Å². The van der Waals surface area contributed by atoms with Crippen molar-refractivity contribution in [3.05, 3.63) is 29.8 Å². The Morgan fingerprint density at radius 3 is 2.61 bits per heavy atom. The first-order chi connectivity index (χ1) is 8.66. The minimum absolute atomic E-state index is 0.0301. The third kappa shape index (κ3) is 3.23. The minimum Gasteiger partial charge on any atom is -0.380 e. The van der Waals surface area contributed by atoms with Crippen molar-refractivity contribution >= 4 is 11.6 Å². The molecule has 1 aromatic carbocycles. The summed E-state index contributed by atoms with van der Waals surface area (Å²) in [6.07, 6.45) is 2.24. The summed E-state index contributed by atoms with van der Waals surface area (Å²) in [6, 6.07) is 7.99. The molecule has 0 saturated carbocycles. The lowest BCUT2D eigenvalue weighted by Crippen LogP contribution is -2.30. The van der Waals surface area contributed by atoms with Crippen LogP contribution in [-0.2, 0) is 4.74 Å². The van der Waals surface area contributed by atoms with E-state index >= 15 is 0 Å². The van der Waals surface area contributed by atoms with E-state index in [1.807, 2.05) is 24.3 Å². The van der Waals surface area contributed by atoms with Crippen molar-refractivity contribution in [2.75, 3.05) is 32.6 Å². The number of rotatable bonds is 3. The molecular formula is C14H20N2O2. The summed E-state index contributed by atoms with van der Waals surface area (Å²) in [7, 11) is 3.52. The Kier molecular flexibility index (Phi) is 4.20. The highest BCUT2D eigenvalue weighted by Gasteiger charge is 2.13. The van der Waals surface area contributed by atoms with Gasteiger partial charge < -0.3 is 15.0 Å². The quantitative estimate of drug-likeness (QED) is 0.889. The first-order valence-electron chi connectivity index (χ1n) is 6.33. The monoisotopic (exact) mass is 248 g/mol. The Labute approximate surface area is 108 Å². The number of nitrogens with zero attached hydrogens (tertiary/aromatic N) is 1. The molecule has 0 aromatic heterocycles. The van der Waals surface area contributed by atoms with Crippen LogP contribution in [0.25, 0.3) is 0 Å². The molecule has 1 aliphatic rings. The van der Waals surface area contributed by atoms with Crippen LogP contribution in [0.1, 0.15) is 23.2 Å². The Balaban J connectivity index is 1.96. The molecule has 0 bridgehead atoms. The predicted molar refractivity (Wildman–Crippen MR) is 71.9 cm³/mol. The van der Waals surface area contributed by atoms with Crippen molar-refractivity contribution in [3.63, 3.8) is 0 Å². The van der Waals surface area contributed by atoms with Crippen molar-refractivity contribution in [2.24, 2.45) is 0 Å². The van der Waals surface area contributed by atoms with Crippen molar-refractivity contribution < 1.29 is 9.53 Å². The van der Waals surface area contributed by atoms with Gasteiger partial charge in [-0.3, -0.25) is 4.79 Å². The van der Waals surface area contributed by atoms with E-state index in [2.05, 4.69) is 5.32 Å². The van der Waals surface area contributed by atoms with Crippen molar-refractivity contribution in [2.45, 2.75) is 18.9 Å². The molecule has 0 spiro atoms. The number of carbonyl (C=O) groups excluding carboxylic acids is 1. The fourth-order valence-electron chi connectivity index (χ4n) is 2.06. The third-order valence-electron chi connectivity index (χ3n) is 3.07. The topological polar surface area (TPSA) is 41.6 Å². The van der Waals surface area contributed by atoms with Gasteiger partial charge in [0.15, 0.2) is 0 Å². The highest BCUT2D eigenvalue weighted by Crippen LogP contribution is 2.15. The number of nitrogens with one attached hydrogen (secondary N) is 1. The molecule has 98 valence electrons. The van der Waals surface area contributed by atoms with Gasteiger partial charge in [-0.15, -0.1) is 0 Å². The number of ether oxygens (including phenoxy) is 1. The summed E-state index contributed by atoms with van der Waals surface area (Å²) in [4.78, 5) is 13.3. The lowest BCUT2D eigenvalue weighted by Gasteiger charge is -2.24. The second-order valence-electron chi connectivity index (χ2n) is 4.84. The van der Waals surface area contributed by atoms with E-state index in [-0.39, 0.29) is 5.91 Å². The van der Waals surface area contributed by atoms with Crippen LogP contribution < -0.4 is 5.32 Å². The zero-order valence-corrected chi connectivity index (χ0v) is 11.0. The van der Waals surface area contributed by atoms with E-state index in [0.717, 1.165) is 31.7 Å². The molecule has 4 heteroatoms. The molecule has 1 heterocycles. The van der Waals surface area contributed by atoms with Gasteiger partial charge in [-0.1, -0.05) is 0 Å². The lowest BCUT2D eigenvalue weighted by atomic mass is 10.1. The number of carbonyl (C=O) groups is 1. The Morgan fingerprint density at radius 1 is 1.33 bits per heavy atom. The van der Waals surface area contributed by atoms with Gasteiger partial charge in [0.2, 0.25) is 0 Å². The molecule has 1 atom stereocenters. The van der Waals surface area contributed by atoms with E-state index in [1.165, 1.54) is 0 Å². The average molecular weight is 248 g/mol. The van der Waals surface area contributed by atoms with E-state index in [9.17, 15) is 4.79 Å². The van der Waals surface area contributed by atoms with Crippen molar-refractivity contribution in [1.29, 1.82) is 0 Å². The first kappa shape index (κ1) is 12.9.